The van der Waals surface area contributed by atoms with Crippen molar-refractivity contribution in [3.8, 4) is 22.3 Å². The average molecular weight is 501 g/mol. The Labute approximate surface area is 202 Å². The summed E-state index contributed by atoms with van der Waals surface area (Å²) >= 11 is 0. The maximum atomic E-state index is 14.9. The Bertz CT molecular complexity index is 1440. The van der Waals surface area contributed by atoms with Crippen LogP contribution in [-0.2, 0) is 13.2 Å². The van der Waals surface area contributed by atoms with Crippen molar-refractivity contribution in [1.82, 2.24) is 20.1 Å². The van der Waals surface area contributed by atoms with E-state index in [-0.39, 0.29) is 23.5 Å². The van der Waals surface area contributed by atoms with E-state index in [0.717, 1.165) is 18.2 Å². The average Bonchev–Trinajstić information content (AvgIpc) is 3.24. The molecule has 0 saturated heterocycles. The van der Waals surface area contributed by atoms with Gasteiger partial charge < -0.3 is 11.1 Å². The Balaban J connectivity index is 1.57. The van der Waals surface area contributed by atoms with Crippen LogP contribution in [0.1, 0.15) is 33.7 Å². The SMILES string of the molecule is Cc1nn(C(F)F)cc1-c1cnc(N)c(-c2ccc(C(=O)NCc3cc(F)cc(CF)c3)c(F)c2)c1. The van der Waals surface area contributed by atoms with Gasteiger partial charge in [-0.2, -0.15) is 13.9 Å². The molecule has 11 heteroatoms. The first-order chi connectivity index (χ1) is 17.2. The second-order valence-corrected chi connectivity index (χ2v) is 8.02. The molecule has 0 fully saturated rings. The summed E-state index contributed by atoms with van der Waals surface area (Å²) in [6.07, 6.45) is 2.58. The van der Waals surface area contributed by atoms with Crippen LogP contribution < -0.4 is 11.1 Å². The largest absolute Gasteiger partial charge is 0.383 e. The number of nitrogens with two attached hydrogens (primary N) is 1. The molecule has 0 saturated carbocycles. The highest BCUT2D eigenvalue weighted by Gasteiger charge is 2.17. The predicted molar refractivity (Wildman–Crippen MR) is 124 cm³/mol. The highest BCUT2D eigenvalue weighted by atomic mass is 19.3. The number of carbonyl (C=O) groups excluding carboxylic acids is 1. The molecule has 0 radical (unpaired) electrons. The van der Waals surface area contributed by atoms with Gasteiger partial charge in [-0.25, -0.2) is 22.8 Å². The van der Waals surface area contributed by atoms with E-state index in [2.05, 4.69) is 15.4 Å². The van der Waals surface area contributed by atoms with Gasteiger partial charge >= 0.3 is 6.55 Å². The lowest BCUT2D eigenvalue weighted by Crippen LogP contribution is -2.24. The Kier molecular flexibility index (Phi) is 7.00. The van der Waals surface area contributed by atoms with Gasteiger partial charge in [0.2, 0.25) is 0 Å². The summed E-state index contributed by atoms with van der Waals surface area (Å²) in [6, 6.07) is 8.99. The number of alkyl halides is 3. The van der Waals surface area contributed by atoms with Crippen molar-refractivity contribution in [1.29, 1.82) is 0 Å². The van der Waals surface area contributed by atoms with Crippen LogP contribution in [-0.4, -0.2) is 20.7 Å². The lowest BCUT2D eigenvalue weighted by molar-refractivity contribution is 0.0563. The summed E-state index contributed by atoms with van der Waals surface area (Å²) in [7, 11) is 0. The number of nitrogen functional groups attached to an aromatic ring is 1. The molecule has 0 bridgehead atoms. The molecule has 4 aromatic rings. The van der Waals surface area contributed by atoms with Crippen molar-refractivity contribution in [3.05, 3.63) is 88.9 Å². The Morgan fingerprint density at radius 3 is 2.47 bits per heavy atom. The number of anilines is 1. The first-order valence-corrected chi connectivity index (χ1v) is 10.7. The molecule has 36 heavy (non-hydrogen) atoms. The quantitative estimate of drug-likeness (QED) is 0.324. The van der Waals surface area contributed by atoms with Gasteiger partial charge in [-0.1, -0.05) is 12.1 Å². The van der Waals surface area contributed by atoms with Crippen LogP contribution in [0, 0.1) is 18.6 Å². The molecule has 186 valence electrons. The van der Waals surface area contributed by atoms with Gasteiger partial charge in [0.15, 0.2) is 0 Å². The van der Waals surface area contributed by atoms with Gasteiger partial charge in [-0.05, 0) is 53.9 Å². The molecule has 0 unspecified atom stereocenters. The summed E-state index contributed by atoms with van der Waals surface area (Å²) in [5, 5.41) is 6.25. The standard InChI is InChI=1S/C25H20F5N5O/c1-13-21(12-35(34-13)25(29)30)17-7-20(23(31)32-11-17)16-2-3-19(22(28)8-16)24(36)33-10-15-4-14(9-26)5-18(27)6-15/h2-8,11-12,25H,9-10H2,1H3,(H2,31,32)(H,33,36). The number of amides is 1. The smallest absolute Gasteiger partial charge is 0.333 e. The first kappa shape index (κ1) is 24.8. The summed E-state index contributed by atoms with van der Waals surface area (Å²) in [5.74, 6) is -2.17. The highest BCUT2D eigenvalue weighted by molar-refractivity contribution is 5.95. The topological polar surface area (TPSA) is 85.8 Å². The number of nitrogens with zero attached hydrogens (tertiary/aromatic N) is 3. The van der Waals surface area contributed by atoms with Crippen LogP contribution >= 0.6 is 0 Å². The maximum absolute atomic E-state index is 14.9. The number of hydrogen-bond donors (Lipinski definition) is 2. The van der Waals surface area contributed by atoms with E-state index < -0.39 is 30.8 Å². The fourth-order valence-electron chi connectivity index (χ4n) is 3.76. The lowest BCUT2D eigenvalue weighted by Gasteiger charge is -2.11. The van der Waals surface area contributed by atoms with Crippen molar-refractivity contribution in [2.24, 2.45) is 0 Å². The van der Waals surface area contributed by atoms with Crippen LogP contribution in [0.3, 0.4) is 0 Å². The molecule has 3 N–H and O–H groups in total. The van der Waals surface area contributed by atoms with Crippen molar-refractivity contribution < 1.29 is 26.7 Å². The number of rotatable bonds is 7. The minimum absolute atomic E-state index is 0.0732. The minimum Gasteiger partial charge on any atom is -0.383 e. The molecular formula is C25H20F5N5O. The van der Waals surface area contributed by atoms with E-state index in [9.17, 15) is 26.7 Å². The molecule has 2 aromatic heterocycles. The number of pyridine rings is 1. The molecule has 0 atom stereocenters. The van der Waals surface area contributed by atoms with Crippen LogP contribution in [0.25, 0.3) is 22.3 Å². The monoisotopic (exact) mass is 501 g/mol. The van der Waals surface area contributed by atoms with Gasteiger partial charge in [-0.3, -0.25) is 4.79 Å². The molecule has 0 aliphatic carbocycles. The molecule has 0 aliphatic rings. The van der Waals surface area contributed by atoms with E-state index in [1.807, 2.05) is 0 Å². The van der Waals surface area contributed by atoms with Crippen LogP contribution in [0.15, 0.2) is 54.9 Å². The summed E-state index contributed by atoms with van der Waals surface area (Å²) < 4.78 is 67.8. The summed E-state index contributed by atoms with van der Waals surface area (Å²) in [6.45, 7) is -2.23. The van der Waals surface area contributed by atoms with Crippen molar-refractivity contribution in [2.75, 3.05) is 5.73 Å². The number of benzene rings is 2. The van der Waals surface area contributed by atoms with Crippen LogP contribution in [0.5, 0.6) is 0 Å². The fraction of sp³-hybridized carbons (Fsp3) is 0.160. The lowest BCUT2D eigenvalue weighted by atomic mass is 10.00. The van der Waals surface area contributed by atoms with Crippen molar-refractivity contribution >= 4 is 11.7 Å². The van der Waals surface area contributed by atoms with E-state index in [1.165, 1.54) is 30.6 Å². The molecule has 6 nitrogen and oxygen atoms in total. The third-order valence-electron chi connectivity index (χ3n) is 5.50. The third-order valence-corrected chi connectivity index (χ3v) is 5.50. The fourth-order valence-corrected chi connectivity index (χ4v) is 3.76. The van der Waals surface area contributed by atoms with Crippen molar-refractivity contribution in [2.45, 2.75) is 26.7 Å². The number of carbonyl (C=O) groups is 1. The predicted octanol–water partition coefficient (Wildman–Crippen LogP) is 5.58. The zero-order valence-corrected chi connectivity index (χ0v) is 18.9. The molecule has 0 aliphatic heterocycles. The molecule has 2 aromatic carbocycles. The molecular weight excluding hydrogens is 481 g/mol. The molecule has 2 heterocycles. The Morgan fingerprint density at radius 1 is 1.06 bits per heavy atom. The number of halogens is 5. The van der Waals surface area contributed by atoms with E-state index in [4.69, 9.17) is 5.73 Å². The van der Waals surface area contributed by atoms with Crippen LogP contribution in [0.4, 0.5) is 27.8 Å². The highest BCUT2D eigenvalue weighted by Crippen LogP contribution is 2.32. The first-order valence-electron chi connectivity index (χ1n) is 10.7. The van der Waals surface area contributed by atoms with Crippen LogP contribution in [0.2, 0.25) is 0 Å². The second-order valence-electron chi connectivity index (χ2n) is 8.02. The summed E-state index contributed by atoms with van der Waals surface area (Å²) in [4.78, 5) is 16.6. The molecule has 1 amide bonds. The Morgan fingerprint density at radius 2 is 1.81 bits per heavy atom. The van der Waals surface area contributed by atoms with E-state index in [0.29, 0.717) is 38.2 Å². The minimum atomic E-state index is -2.81. The van der Waals surface area contributed by atoms with Gasteiger partial charge in [0, 0.05) is 35.6 Å². The zero-order valence-electron chi connectivity index (χ0n) is 18.9. The summed E-state index contributed by atoms with van der Waals surface area (Å²) in [5.41, 5.74) is 8.02. The third kappa shape index (κ3) is 5.19. The zero-order chi connectivity index (χ0) is 26.0. The van der Waals surface area contributed by atoms with E-state index >= 15 is 0 Å². The van der Waals surface area contributed by atoms with Crippen molar-refractivity contribution in [3.63, 3.8) is 0 Å². The number of aromatic nitrogens is 3. The van der Waals surface area contributed by atoms with Gasteiger partial charge in [0.1, 0.15) is 24.1 Å². The van der Waals surface area contributed by atoms with Gasteiger partial charge in [0.05, 0.1) is 11.3 Å². The number of nitrogens with one attached hydrogen (secondary N) is 1. The molecule has 4 rings (SSSR count). The number of hydrogen-bond acceptors (Lipinski definition) is 4. The van der Waals surface area contributed by atoms with Gasteiger partial charge in [-0.15, -0.1) is 0 Å². The normalized spacial score (nSPS) is 11.2. The maximum Gasteiger partial charge on any atom is 0.333 e. The van der Waals surface area contributed by atoms with Gasteiger partial charge in [0.25, 0.3) is 5.91 Å². The van der Waals surface area contributed by atoms with E-state index in [1.54, 1.807) is 13.0 Å². The molecule has 0 spiro atoms. The Hall–Kier alpha value is -4.28. The second kappa shape index (κ2) is 10.1. The number of aryl methyl sites for hydroxylation is 1.